The van der Waals surface area contributed by atoms with Crippen LogP contribution in [0.25, 0.3) is 21.8 Å². The number of aliphatic hydroxyl groups excluding tert-OH is 2. The van der Waals surface area contributed by atoms with Crippen LogP contribution in [0.1, 0.15) is 141 Å². The van der Waals surface area contributed by atoms with Crippen molar-refractivity contribution >= 4 is 134 Å². The van der Waals surface area contributed by atoms with Crippen LogP contribution < -0.4 is 97.8 Å². The first-order valence-electron chi connectivity index (χ1n) is 41.5. The van der Waals surface area contributed by atoms with Gasteiger partial charge in [0.05, 0.1) is 50.3 Å². The van der Waals surface area contributed by atoms with Crippen LogP contribution in [0.2, 0.25) is 0 Å². The van der Waals surface area contributed by atoms with Crippen molar-refractivity contribution < 1.29 is 112 Å². The molecule has 30 N–H and O–H groups in total. The van der Waals surface area contributed by atoms with Gasteiger partial charge >= 0.3 is 11.9 Å². The number of aromatic amines is 3. The molecule has 1 aliphatic heterocycles. The van der Waals surface area contributed by atoms with Gasteiger partial charge in [-0.25, -0.2) is 9.78 Å². The molecule has 694 valence electrons. The van der Waals surface area contributed by atoms with Gasteiger partial charge in [0.2, 0.25) is 100 Å². The number of carbonyl (C=O) groups is 19. The van der Waals surface area contributed by atoms with Crippen molar-refractivity contribution in [1.29, 1.82) is 0 Å². The maximum absolute atomic E-state index is 14.6. The number of hydrogen-bond donors (Lipinski definition) is 25. The van der Waals surface area contributed by atoms with Gasteiger partial charge < -0.3 is 138 Å². The number of aliphatic carboxylic acids is 2. The summed E-state index contributed by atoms with van der Waals surface area (Å²) in [5.41, 5.74) is 30.2. The summed E-state index contributed by atoms with van der Waals surface area (Å²) in [6, 6.07) is -6.67. The lowest BCUT2D eigenvalue weighted by Crippen LogP contribution is -2.62. The van der Waals surface area contributed by atoms with E-state index in [1.807, 2.05) is 0 Å². The fraction of sp³-hybridized carbons (Fsp3) is 0.531. The highest BCUT2D eigenvalue weighted by Gasteiger charge is 2.42. The van der Waals surface area contributed by atoms with Crippen LogP contribution in [-0.4, -0.2) is 275 Å². The number of benzene rings is 2. The Balaban J connectivity index is 1.13. The third kappa shape index (κ3) is 33.2. The van der Waals surface area contributed by atoms with E-state index < -0.39 is 255 Å². The number of aliphatic hydroxyl groups is 2. The standard InChI is InChI=1S/C81H117N23O23/c1-40(2)27-54(71(116)91-37-66(111)94-60(38-105)77(122)95-51(17-10-11-25-82)72(117)102-59(81(126)127)30-44-34-89-50-16-9-7-14-47(44)50)99-74(119)55(29-43-33-88-49-15-8-6-13-46(43)49)93-65(110)36-90-70(115)52(20-23-63(85)108)97-79(124)68(42(5)106)103-76(121)56(31-45-35-87-39-92-45)100-73(118)53(21-24-67(112)113)96-78(123)61-18-12-26-104(61)80(125)58(28-41(3)4)101-75(120)57(32-64(86)109)98-69(114)48(83)19-22-62(84)107/h6-9,13-16,33-35,39-42,48,51-61,68,88-89,105-106H,10-12,17-32,36-38,82-83H2,1-5H3,(H2,84,107)(H2,85,108)(H2,86,109)(H,87,92)(H,90,115)(H,91,116)(H,93,110)(H,94,111)(H,95,122)(H,96,123)(H,97,124)(H,98,114)(H,99,119)(H,100,118)(H,101,120)(H,102,117)(H,103,121)(H,112,113)(H,126,127)/t42-,48+,51+,52+,53+,54+,55+,56+,57+,58+,59+,60+,61+,68+/m1/s1. The molecule has 5 aromatic rings. The summed E-state index contributed by atoms with van der Waals surface area (Å²) in [6.45, 7) is 5.24. The van der Waals surface area contributed by atoms with Crippen LogP contribution in [0.5, 0.6) is 0 Å². The summed E-state index contributed by atoms with van der Waals surface area (Å²) in [6.07, 6.45) is -0.0682. The first kappa shape index (κ1) is 102. The number of carbonyl (C=O) groups excluding carboxylic acids is 17. The molecule has 1 aliphatic rings. The van der Waals surface area contributed by atoms with Crippen molar-refractivity contribution in [3.05, 3.63) is 90.3 Å². The molecule has 4 heterocycles. The van der Waals surface area contributed by atoms with E-state index in [0.717, 1.165) is 22.7 Å². The zero-order valence-electron chi connectivity index (χ0n) is 71.0. The Hall–Kier alpha value is -13.5. The Bertz CT molecular complexity index is 4710. The van der Waals surface area contributed by atoms with Gasteiger partial charge in [-0.3, -0.25) is 86.3 Å². The topological polar surface area (TPSA) is 755 Å². The number of imidazole rings is 1. The summed E-state index contributed by atoms with van der Waals surface area (Å²) < 4.78 is 0. The molecule has 0 saturated carbocycles. The molecule has 0 aliphatic carbocycles. The second-order valence-electron chi connectivity index (χ2n) is 31.8. The molecule has 127 heavy (non-hydrogen) atoms. The second kappa shape index (κ2) is 50.5. The van der Waals surface area contributed by atoms with Crippen LogP contribution in [0, 0.1) is 11.8 Å². The summed E-state index contributed by atoms with van der Waals surface area (Å²) >= 11 is 0. The quantitative estimate of drug-likeness (QED) is 0.0161. The van der Waals surface area contributed by atoms with Crippen LogP contribution in [-0.2, 0) is 110 Å². The fourth-order valence-electron chi connectivity index (χ4n) is 14.0. The third-order valence-electron chi connectivity index (χ3n) is 20.6. The van der Waals surface area contributed by atoms with Gasteiger partial charge in [-0.1, -0.05) is 64.1 Å². The highest BCUT2D eigenvalue weighted by atomic mass is 16.4. The van der Waals surface area contributed by atoms with Gasteiger partial charge in [-0.15, -0.1) is 0 Å². The first-order chi connectivity index (χ1) is 60.2. The summed E-state index contributed by atoms with van der Waals surface area (Å²) in [7, 11) is 0. The monoisotopic (exact) mass is 1780 g/mol. The minimum atomic E-state index is -2.02. The summed E-state index contributed by atoms with van der Waals surface area (Å²) in [5, 5.41) is 74.3. The number of likely N-dealkylation sites (tertiary alicyclic amines) is 1. The molecule has 46 heteroatoms. The molecule has 6 rings (SSSR count). The zero-order chi connectivity index (χ0) is 93.9. The number of nitrogens with one attached hydrogen (secondary N) is 16. The Morgan fingerprint density at radius 3 is 1.50 bits per heavy atom. The molecule has 3 aromatic heterocycles. The van der Waals surface area contributed by atoms with Gasteiger partial charge in [0.1, 0.15) is 72.5 Å². The van der Waals surface area contributed by atoms with Crippen molar-refractivity contribution in [3.8, 4) is 0 Å². The summed E-state index contributed by atoms with van der Waals surface area (Å²) in [4.78, 5) is 271. The molecular weight excluding hydrogens is 1660 g/mol. The van der Waals surface area contributed by atoms with E-state index >= 15 is 0 Å². The smallest absolute Gasteiger partial charge is 0.326 e. The highest BCUT2D eigenvalue weighted by Crippen LogP contribution is 2.24. The molecule has 2 aromatic carbocycles. The van der Waals surface area contributed by atoms with E-state index in [1.54, 1.807) is 88.6 Å². The largest absolute Gasteiger partial charge is 0.481 e. The molecule has 1 saturated heterocycles. The number of nitrogens with two attached hydrogens (primary N) is 5. The lowest BCUT2D eigenvalue weighted by molar-refractivity contribution is -0.143. The molecule has 1 fully saturated rings. The molecule has 0 unspecified atom stereocenters. The van der Waals surface area contributed by atoms with Crippen LogP contribution >= 0.6 is 0 Å². The number of fused-ring (bicyclic) bond motifs is 2. The average molecular weight is 1780 g/mol. The number of rotatable bonds is 55. The predicted molar refractivity (Wildman–Crippen MR) is 452 cm³/mol. The number of unbranched alkanes of at least 4 members (excludes halogenated alkanes) is 1. The average Bonchev–Trinajstić information content (AvgIpc) is 1.71. The fourth-order valence-corrected chi connectivity index (χ4v) is 14.0. The molecule has 17 amide bonds. The van der Waals surface area contributed by atoms with E-state index in [1.165, 1.54) is 12.5 Å². The van der Waals surface area contributed by atoms with E-state index in [2.05, 4.69) is 89.1 Å². The minimum absolute atomic E-state index is 0.0234. The number of primary amides is 3. The van der Waals surface area contributed by atoms with E-state index in [4.69, 9.17) is 28.7 Å². The normalized spacial score (nSPS) is 15.6. The number of carboxylic acids is 2. The predicted octanol–water partition coefficient (Wildman–Crippen LogP) is -6.77. The van der Waals surface area contributed by atoms with Crippen molar-refractivity contribution in [1.82, 2.24) is 94.0 Å². The van der Waals surface area contributed by atoms with Crippen molar-refractivity contribution in [2.45, 2.75) is 228 Å². The van der Waals surface area contributed by atoms with Gasteiger partial charge in [-0.2, -0.15) is 0 Å². The number of nitrogens with zero attached hydrogens (tertiary/aromatic N) is 2. The zero-order valence-corrected chi connectivity index (χ0v) is 71.0. The Kier molecular flexibility index (Phi) is 40.6. The Labute approximate surface area is 728 Å². The van der Waals surface area contributed by atoms with Crippen LogP contribution in [0.15, 0.2) is 73.4 Å². The number of aromatic nitrogens is 4. The van der Waals surface area contributed by atoms with E-state index in [9.17, 15) is 112 Å². The highest BCUT2D eigenvalue weighted by molar-refractivity contribution is 6.01. The maximum Gasteiger partial charge on any atom is 0.326 e. The number of H-pyrrole nitrogens is 3. The van der Waals surface area contributed by atoms with E-state index in [-0.39, 0.29) is 88.4 Å². The lowest BCUT2D eigenvalue weighted by Gasteiger charge is -2.31. The van der Waals surface area contributed by atoms with E-state index in [0.29, 0.717) is 34.9 Å². The lowest BCUT2D eigenvalue weighted by atomic mass is 10.0. The number of para-hydroxylation sites is 2. The van der Waals surface area contributed by atoms with Crippen molar-refractivity contribution in [2.24, 2.45) is 40.5 Å². The van der Waals surface area contributed by atoms with Gasteiger partial charge in [-0.05, 0) is 113 Å². The molecular formula is C81H117N23O23. The second-order valence-corrected chi connectivity index (χ2v) is 31.8. The van der Waals surface area contributed by atoms with Crippen LogP contribution in [0.4, 0.5) is 0 Å². The van der Waals surface area contributed by atoms with Crippen molar-refractivity contribution in [2.75, 3.05) is 32.8 Å². The molecule has 0 bridgehead atoms. The summed E-state index contributed by atoms with van der Waals surface area (Å²) in [5.74, 6) is -20.7. The van der Waals surface area contributed by atoms with Crippen molar-refractivity contribution in [3.63, 3.8) is 0 Å². The Morgan fingerprint density at radius 1 is 0.488 bits per heavy atom. The molecule has 14 atom stereocenters. The van der Waals surface area contributed by atoms with Gasteiger partial charge in [0.15, 0.2) is 0 Å². The number of carboxylic acid groups (broad SMARTS) is 2. The first-order valence-corrected chi connectivity index (χ1v) is 41.5. The SMILES string of the molecule is CC(C)C[C@H](NC(=O)[C@H](Cc1c[nH]c2ccccc12)NC(=O)CNC(=O)[C@H](CCC(N)=O)NC(=O)[C@@H](NC(=O)[C@H](Cc1c[nH]cn1)NC(=O)[C@H](CCC(=O)O)NC(=O)[C@@H]1CCCN1C(=O)[C@H](CC(C)C)NC(=O)[C@H](CC(N)=O)NC(=O)[C@@H](N)CCC(N)=O)[C@@H](C)O)C(=O)NCC(=O)N[C@@H](CO)C(=O)N[C@@H](CCCCN)C(=O)N[C@@H](Cc1c[nH]c2ccccc12)C(=O)O. The third-order valence-corrected chi connectivity index (χ3v) is 20.6. The molecule has 0 radical (unpaired) electrons. The number of hydrogen-bond acceptors (Lipinski definition) is 24. The molecule has 46 nitrogen and oxygen atoms in total. The van der Waals surface area contributed by atoms with Gasteiger partial charge in [0.25, 0.3) is 0 Å². The maximum atomic E-state index is 14.6. The molecule has 0 spiro atoms. The minimum Gasteiger partial charge on any atom is -0.481 e. The number of amides is 17. The van der Waals surface area contributed by atoms with Crippen LogP contribution in [0.3, 0.4) is 0 Å². The van der Waals surface area contributed by atoms with Gasteiger partial charge in [0, 0.05) is 85.5 Å². The Morgan fingerprint density at radius 2 is 0.953 bits per heavy atom.